The number of benzene rings is 2. The predicted molar refractivity (Wildman–Crippen MR) is 84.3 cm³/mol. The molecule has 130 valence electrons. The third-order valence-electron chi connectivity index (χ3n) is 3.78. The van der Waals surface area contributed by atoms with E-state index in [0.29, 0.717) is 5.56 Å². The predicted octanol–water partition coefficient (Wildman–Crippen LogP) is 3.20. The van der Waals surface area contributed by atoms with E-state index < -0.39 is 17.6 Å². The van der Waals surface area contributed by atoms with Gasteiger partial charge in [0.05, 0.1) is 5.56 Å². The molecule has 0 saturated carbocycles. The van der Waals surface area contributed by atoms with Gasteiger partial charge in [-0.3, -0.25) is 20.6 Å². The van der Waals surface area contributed by atoms with Crippen LogP contribution in [0.25, 0.3) is 11.1 Å². The summed E-state index contributed by atoms with van der Waals surface area (Å²) in [6, 6.07) is 7.58. The summed E-state index contributed by atoms with van der Waals surface area (Å²) >= 11 is 0. The van der Waals surface area contributed by atoms with Gasteiger partial charge in [-0.15, -0.1) is 0 Å². The Labute approximate surface area is 140 Å². The van der Waals surface area contributed by atoms with Crippen molar-refractivity contribution in [2.24, 2.45) is 4.99 Å². The van der Waals surface area contributed by atoms with Crippen LogP contribution in [0.3, 0.4) is 0 Å². The Hall–Kier alpha value is -2.90. The first kappa shape index (κ1) is 16.9. The fourth-order valence-electron chi connectivity index (χ4n) is 2.46. The van der Waals surface area contributed by atoms with Crippen LogP contribution in [0.1, 0.15) is 16.7 Å². The molecule has 0 aromatic heterocycles. The first-order chi connectivity index (χ1) is 11.8. The van der Waals surface area contributed by atoms with Gasteiger partial charge in [0.2, 0.25) is 0 Å². The van der Waals surface area contributed by atoms with Gasteiger partial charge in [-0.25, -0.2) is 4.39 Å². The van der Waals surface area contributed by atoms with Crippen LogP contribution in [0, 0.1) is 12.7 Å². The fraction of sp³-hybridized carbons (Fsp3) is 0.176. The molecule has 8 heteroatoms. The maximum atomic E-state index is 13.7. The molecule has 0 spiro atoms. The lowest BCUT2D eigenvalue weighted by Gasteiger charge is -2.19. The molecule has 0 fully saturated rings. The van der Waals surface area contributed by atoms with E-state index in [-0.39, 0.29) is 35.0 Å². The fourth-order valence-corrected chi connectivity index (χ4v) is 2.46. The number of halogens is 4. The summed E-state index contributed by atoms with van der Waals surface area (Å²) < 4.78 is 54.2. The molecule has 0 radical (unpaired) electrons. The maximum Gasteiger partial charge on any atom is 0.417 e. The molecule has 0 atom stereocenters. The van der Waals surface area contributed by atoms with Crippen LogP contribution in [-0.2, 0) is 11.0 Å². The number of nitrogens with zero attached hydrogens (tertiary/aromatic N) is 1. The Kier molecular flexibility index (Phi) is 4.20. The zero-order valence-corrected chi connectivity index (χ0v) is 13.0. The third-order valence-corrected chi connectivity index (χ3v) is 3.78. The van der Waals surface area contributed by atoms with Crippen LogP contribution in [0.5, 0.6) is 0 Å². The van der Waals surface area contributed by atoms with Gasteiger partial charge in [-0.2, -0.15) is 13.2 Å². The lowest BCUT2D eigenvalue weighted by molar-refractivity contribution is -0.137. The van der Waals surface area contributed by atoms with E-state index in [1.807, 2.05) is 0 Å². The number of amidine groups is 1. The molecule has 25 heavy (non-hydrogen) atoms. The minimum absolute atomic E-state index is 0.129. The summed E-state index contributed by atoms with van der Waals surface area (Å²) in [5, 5.41) is 0. The maximum absolute atomic E-state index is 13.7. The highest BCUT2D eigenvalue weighted by Gasteiger charge is 2.34. The van der Waals surface area contributed by atoms with Gasteiger partial charge in [-0.1, -0.05) is 24.3 Å². The molecular weight excluding hydrogens is 338 g/mol. The molecule has 2 aromatic rings. The Balaban J connectivity index is 2.10. The zero-order chi connectivity index (χ0) is 18.2. The average molecular weight is 351 g/mol. The zero-order valence-electron chi connectivity index (χ0n) is 13.0. The molecule has 0 saturated heterocycles. The SMILES string of the molecule is Cc1ccc(-c2ccc(C3=NCC(=O)NN3)cc2C(F)(F)F)cc1F. The highest BCUT2D eigenvalue weighted by molar-refractivity contribution is 6.03. The van der Waals surface area contributed by atoms with E-state index in [1.165, 1.54) is 31.2 Å². The quantitative estimate of drug-likeness (QED) is 0.817. The number of rotatable bonds is 2. The molecule has 0 aliphatic carbocycles. The second-order valence-electron chi connectivity index (χ2n) is 5.56. The molecule has 0 unspecified atom stereocenters. The second-order valence-corrected chi connectivity index (χ2v) is 5.56. The first-order valence-electron chi connectivity index (χ1n) is 7.33. The molecule has 1 heterocycles. The molecular formula is C17H13F4N3O. The van der Waals surface area contributed by atoms with Crippen LogP contribution in [0.4, 0.5) is 17.6 Å². The summed E-state index contributed by atoms with van der Waals surface area (Å²) in [6.45, 7) is 1.36. The second kappa shape index (κ2) is 6.19. The van der Waals surface area contributed by atoms with Gasteiger partial charge in [0.25, 0.3) is 5.91 Å². The van der Waals surface area contributed by atoms with E-state index >= 15 is 0 Å². The Morgan fingerprint density at radius 3 is 2.36 bits per heavy atom. The number of carbonyl (C=O) groups is 1. The smallest absolute Gasteiger partial charge is 0.282 e. The van der Waals surface area contributed by atoms with Crippen LogP contribution < -0.4 is 10.9 Å². The topological polar surface area (TPSA) is 53.5 Å². The number of amides is 1. The molecule has 2 N–H and O–H groups in total. The number of hydrazine groups is 1. The van der Waals surface area contributed by atoms with Crippen LogP contribution in [0.15, 0.2) is 41.4 Å². The summed E-state index contributed by atoms with van der Waals surface area (Å²) in [5.41, 5.74) is 4.38. The van der Waals surface area contributed by atoms with Gasteiger partial charge in [-0.05, 0) is 35.7 Å². The van der Waals surface area contributed by atoms with Crippen molar-refractivity contribution in [3.63, 3.8) is 0 Å². The highest BCUT2D eigenvalue weighted by Crippen LogP contribution is 2.38. The molecule has 4 nitrogen and oxygen atoms in total. The summed E-state index contributed by atoms with van der Waals surface area (Å²) in [5.74, 6) is -0.825. The number of alkyl halides is 3. The molecule has 1 aliphatic heterocycles. The van der Waals surface area contributed by atoms with E-state index in [2.05, 4.69) is 15.8 Å². The first-order valence-corrected chi connectivity index (χ1v) is 7.33. The highest BCUT2D eigenvalue weighted by atomic mass is 19.4. The van der Waals surface area contributed by atoms with E-state index in [1.54, 1.807) is 0 Å². The summed E-state index contributed by atoms with van der Waals surface area (Å²) in [4.78, 5) is 15.0. The molecule has 1 aliphatic rings. The number of nitrogens with one attached hydrogen (secondary N) is 2. The summed E-state index contributed by atoms with van der Waals surface area (Å²) in [7, 11) is 0. The third kappa shape index (κ3) is 3.47. The lowest BCUT2D eigenvalue weighted by Crippen LogP contribution is -2.47. The number of hydrogen-bond donors (Lipinski definition) is 2. The van der Waals surface area contributed by atoms with Crippen LogP contribution >= 0.6 is 0 Å². The number of aliphatic imine (C=N–C) groups is 1. The van der Waals surface area contributed by atoms with Crippen LogP contribution in [0.2, 0.25) is 0 Å². The lowest BCUT2D eigenvalue weighted by atomic mass is 9.96. The van der Waals surface area contributed by atoms with Crippen molar-refractivity contribution in [3.8, 4) is 11.1 Å². The van der Waals surface area contributed by atoms with Crippen LogP contribution in [-0.4, -0.2) is 18.3 Å². The molecule has 1 amide bonds. The van der Waals surface area contributed by atoms with E-state index in [4.69, 9.17) is 0 Å². The van der Waals surface area contributed by atoms with Gasteiger partial charge >= 0.3 is 6.18 Å². The average Bonchev–Trinajstić information content (AvgIpc) is 2.57. The van der Waals surface area contributed by atoms with Gasteiger partial charge in [0.15, 0.2) is 0 Å². The Morgan fingerprint density at radius 1 is 1.04 bits per heavy atom. The van der Waals surface area contributed by atoms with Crippen molar-refractivity contribution in [2.45, 2.75) is 13.1 Å². The van der Waals surface area contributed by atoms with Crippen molar-refractivity contribution in [1.82, 2.24) is 10.9 Å². The number of aryl methyl sites for hydroxylation is 1. The minimum Gasteiger partial charge on any atom is -0.282 e. The van der Waals surface area contributed by atoms with E-state index in [0.717, 1.165) is 12.1 Å². The monoisotopic (exact) mass is 351 g/mol. The van der Waals surface area contributed by atoms with E-state index in [9.17, 15) is 22.4 Å². The normalized spacial score (nSPS) is 14.6. The molecule has 3 rings (SSSR count). The Bertz CT molecular complexity index is 875. The Morgan fingerprint density at radius 2 is 1.76 bits per heavy atom. The van der Waals surface area contributed by atoms with Gasteiger partial charge in [0.1, 0.15) is 18.2 Å². The molecule has 2 aromatic carbocycles. The number of hydrogen-bond acceptors (Lipinski definition) is 3. The number of carbonyl (C=O) groups excluding carboxylic acids is 1. The van der Waals surface area contributed by atoms with Gasteiger partial charge < -0.3 is 0 Å². The standard InChI is InChI=1S/C17H13F4N3O/c1-9-2-3-10(7-14(9)18)12-5-4-11(6-13(12)17(19,20)21)16-22-8-15(25)23-24-16/h2-7H,8H2,1H3,(H,22,24)(H,23,25). The minimum atomic E-state index is -4.63. The van der Waals surface area contributed by atoms with Crippen molar-refractivity contribution in [2.75, 3.05) is 6.54 Å². The van der Waals surface area contributed by atoms with Crippen molar-refractivity contribution < 1.29 is 22.4 Å². The van der Waals surface area contributed by atoms with Crippen molar-refractivity contribution in [3.05, 3.63) is 58.9 Å². The van der Waals surface area contributed by atoms with Crippen molar-refractivity contribution >= 4 is 11.7 Å². The summed E-state index contributed by atoms with van der Waals surface area (Å²) in [6.07, 6.45) is -4.63. The largest absolute Gasteiger partial charge is 0.417 e. The van der Waals surface area contributed by atoms with Gasteiger partial charge in [0, 0.05) is 5.56 Å². The van der Waals surface area contributed by atoms with Crippen molar-refractivity contribution in [1.29, 1.82) is 0 Å². The molecule has 0 bridgehead atoms.